The Morgan fingerprint density at radius 2 is 1.97 bits per heavy atom. The van der Waals surface area contributed by atoms with E-state index >= 15 is 0 Å². The predicted octanol–water partition coefficient (Wildman–Crippen LogP) is 4.71. The molecule has 3 rings (SSSR count). The molecule has 0 aliphatic rings. The number of nitrogens with zero attached hydrogens (tertiary/aromatic N) is 1. The number of hydrogen-bond donors (Lipinski definition) is 2. The Morgan fingerprint density at radius 3 is 2.64 bits per heavy atom. The van der Waals surface area contributed by atoms with E-state index < -0.39 is 0 Å². The van der Waals surface area contributed by atoms with E-state index in [1.54, 1.807) is 36.7 Å². The average Bonchev–Trinajstić information content (AvgIpc) is 3.22. The Labute approximate surface area is 201 Å². The van der Waals surface area contributed by atoms with Gasteiger partial charge in [0.25, 0.3) is 5.91 Å². The van der Waals surface area contributed by atoms with E-state index in [2.05, 4.69) is 15.6 Å². The molecule has 0 aliphatic carbocycles. The number of carbonyl (C=O) groups excluding carboxylic acids is 2. The molecule has 0 spiro atoms. The Kier molecular flexibility index (Phi) is 9.00. The highest BCUT2D eigenvalue weighted by Gasteiger charge is 2.11. The lowest BCUT2D eigenvalue weighted by molar-refractivity contribution is -0.111. The zero-order valence-electron chi connectivity index (χ0n) is 18.3. The van der Waals surface area contributed by atoms with E-state index in [0.717, 1.165) is 22.0 Å². The summed E-state index contributed by atoms with van der Waals surface area (Å²) in [6, 6.07) is 12.1. The van der Waals surface area contributed by atoms with Crippen molar-refractivity contribution in [3.8, 4) is 5.75 Å². The van der Waals surface area contributed by atoms with Gasteiger partial charge in [-0.15, -0.1) is 11.3 Å². The molecule has 172 valence electrons. The maximum Gasteiger partial charge on any atom is 0.252 e. The first-order valence-electron chi connectivity index (χ1n) is 10.1. The lowest BCUT2D eigenvalue weighted by Gasteiger charge is -2.08. The van der Waals surface area contributed by atoms with Crippen molar-refractivity contribution in [3.05, 3.63) is 80.8 Å². The number of methoxy groups -OCH3 is 1. The number of aryl methyl sites for hydroxylation is 1. The van der Waals surface area contributed by atoms with E-state index in [1.165, 1.54) is 12.1 Å². The molecule has 0 unspecified atom stereocenters. The highest BCUT2D eigenvalue weighted by atomic mass is 35.5. The number of halogens is 1. The highest BCUT2D eigenvalue weighted by Crippen LogP contribution is 2.21. The summed E-state index contributed by atoms with van der Waals surface area (Å²) in [4.78, 5) is 28.7. The molecule has 0 fully saturated rings. The number of benzene rings is 2. The molecule has 0 saturated heterocycles. The third kappa shape index (κ3) is 7.71. The van der Waals surface area contributed by atoms with Gasteiger partial charge in [-0.05, 0) is 48.9 Å². The molecule has 7 nitrogen and oxygen atoms in total. The minimum Gasteiger partial charge on any atom is -0.487 e. The van der Waals surface area contributed by atoms with Crippen LogP contribution in [0.25, 0.3) is 6.08 Å². The zero-order valence-corrected chi connectivity index (χ0v) is 19.8. The van der Waals surface area contributed by atoms with Crippen molar-refractivity contribution in [2.45, 2.75) is 13.5 Å². The van der Waals surface area contributed by atoms with Crippen LogP contribution >= 0.6 is 22.9 Å². The third-order valence-electron chi connectivity index (χ3n) is 4.43. The number of amides is 2. The summed E-state index contributed by atoms with van der Waals surface area (Å²) in [6.45, 7) is 3.16. The van der Waals surface area contributed by atoms with Crippen molar-refractivity contribution in [2.24, 2.45) is 0 Å². The van der Waals surface area contributed by atoms with Gasteiger partial charge in [-0.3, -0.25) is 9.59 Å². The smallest absolute Gasteiger partial charge is 0.252 e. The van der Waals surface area contributed by atoms with Gasteiger partial charge in [0.05, 0.1) is 27.9 Å². The number of rotatable bonds is 10. The van der Waals surface area contributed by atoms with Crippen LogP contribution in [-0.2, 0) is 16.1 Å². The third-order valence-corrected chi connectivity index (χ3v) is 5.57. The SMILES string of the molecule is COCCNC(=O)c1ccc(NC(=O)/C=C/c2ccc(OCc3csc(C)n3)cc2)cc1Cl. The number of hydrogen-bond acceptors (Lipinski definition) is 6. The molecule has 0 saturated carbocycles. The quantitative estimate of drug-likeness (QED) is 0.320. The van der Waals surface area contributed by atoms with E-state index in [1.807, 2.05) is 36.6 Å². The molecule has 0 atom stereocenters. The summed E-state index contributed by atoms with van der Waals surface area (Å²) in [6.07, 6.45) is 3.12. The molecule has 2 aromatic carbocycles. The van der Waals surface area contributed by atoms with Crippen molar-refractivity contribution < 1.29 is 19.1 Å². The molecule has 1 aromatic heterocycles. The molecule has 9 heteroatoms. The van der Waals surface area contributed by atoms with Gasteiger partial charge < -0.3 is 20.1 Å². The Morgan fingerprint density at radius 1 is 1.18 bits per heavy atom. The van der Waals surface area contributed by atoms with Crippen molar-refractivity contribution in [3.63, 3.8) is 0 Å². The second-order valence-corrected chi connectivity index (χ2v) is 8.45. The monoisotopic (exact) mass is 485 g/mol. The maximum absolute atomic E-state index is 12.3. The van der Waals surface area contributed by atoms with Gasteiger partial charge in [0.2, 0.25) is 5.91 Å². The van der Waals surface area contributed by atoms with Crippen LogP contribution in [0.15, 0.2) is 53.9 Å². The second kappa shape index (κ2) is 12.2. The molecule has 0 aliphatic heterocycles. The average molecular weight is 486 g/mol. The Hall–Kier alpha value is -3.20. The van der Waals surface area contributed by atoms with Crippen molar-refractivity contribution >= 4 is 46.5 Å². The fourth-order valence-corrected chi connectivity index (χ4v) is 3.67. The van der Waals surface area contributed by atoms with Gasteiger partial charge in [-0.25, -0.2) is 4.98 Å². The van der Waals surface area contributed by atoms with Crippen LogP contribution in [-0.4, -0.2) is 37.1 Å². The number of anilines is 1. The lowest BCUT2D eigenvalue weighted by Crippen LogP contribution is -2.27. The number of thiazole rings is 1. The van der Waals surface area contributed by atoms with E-state index in [4.69, 9.17) is 21.1 Å². The normalized spacial score (nSPS) is 10.9. The molecule has 2 amide bonds. The molecule has 0 radical (unpaired) electrons. The molecule has 1 heterocycles. The number of nitrogens with one attached hydrogen (secondary N) is 2. The van der Waals surface area contributed by atoms with Crippen LogP contribution in [0.1, 0.15) is 26.6 Å². The van der Waals surface area contributed by atoms with Gasteiger partial charge >= 0.3 is 0 Å². The van der Waals surface area contributed by atoms with E-state index in [0.29, 0.717) is 31.0 Å². The highest BCUT2D eigenvalue weighted by molar-refractivity contribution is 7.09. The molecular weight excluding hydrogens is 462 g/mol. The molecule has 0 bridgehead atoms. The van der Waals surface area contributed by atoms with E-state index in [9.17, 15) is 9.59 Å². The first-order chi connectivity index (χ1) is 15.9. The van der Waals surface area contributed by atoms with Crippen LogP contribution in [0.5, 0.6) is 5.75 Å². The van der Waals surface area contributed by atoms with Crippen LogP contribution < -0.4 is 15.4 Å². The standard InChI is InChI=1S/C24H24ClN3O4S/c1-16-27-19(15-33-16)14-32-20-7-3-17(4-8-20)5-10-23(29)28-18-6-9-21(22(25)13-18)24(30)26-11-12-31-2/h3-10,13,15H,11-12,14H2,1-2H3,(H,26,30)(H,28,29)/b10-5+. The van der Waals surface area contributed by atoms with Crippen LogP contribution in [0.4, 0.5) is 5.69 Å². The molecule has 3 aromatic rings. The summed E-state index contributed by atoms with van der Waals surface area (Å²) in [7, 11) is 1.56. The number of ether oxygens (including phenoxy) is 2. The maximum atomic E-state index is 12.3. The topological polar surface area (TPSA) is 89.6 Å². The second-order valence-electron chi connectivity index (χ2n) is 6.98. The van der Waals surface area contributed by atoms with Crippen molar-refractivity contribution in [1.82, 2.24) is 10.3 Å². The number of carbonyl (C=O) groups is 2. The zero-order chi connectivity index (χ0) is 23.6. The largest absolute Gasteiger partial charge is 0.487 e. The first-order valence-corrected chi connectivity index (χ1v) is 11.4. The van der Waals surface area contributed by atoms with Crippen LogP contribution in [0, 0.1) is 6.92 Å². The van der Waals surface area contributed by atoms with Crippen LogP contribution in [0.2, 0.25) is 5.02 Å². The van der Waals surface area contributed by atoms with E-state index in [-0.39, 0.29) is 16.8 Å². The summed E-state index contributed by atoms with van der Waals surface area (Å²) in [5.74, 6) is 0.106. The Balaban J connectivity index is 1.51. The summed E-state index contributed by atoms with van der Waals surface area (Å²) in [5.41, 5.74) is 2.57. The van der Waals surface area contributed by atoms with Crippen molar-refractivity contribution in [1.29, 1.82) is 0 Å². The van der Waals surface area contributed by atoms with Gasteiger partial charge in [-0.1, -0.05) is 23.7 Å². The van der Waals surface area contributed by atoms with Gasteiger partial charge in [-0.2, -0.15) is 0 Å². The molecule has 33 heavy (non-hydrogen) atoms. The minimum atomic E-state index is -0.317. The fraction of sp³-hybridized carbons (Fsp3) is 0.208. The molecule has 2 N–H and O–H groups in total. The van der Waals surface area contributed by atoms with Crippen LogP contribution in [0.3, 0.4) is 0 Å². The van der Waals surface area contributed by atoms with Gasteiger partial charge in [0.1, 0.15) is 12.4 Å². The predicted molar refractivity (Wildman–Crippen MR) is 131 cm³/mol. The molecular formula is C24H24ClN3O4S. The summed E-state index contributed by atoms with van der Waals surface area (Å²) < 4.78 is 10.6. The number of aromatic nitrogens is 1. The fourth-order valence-electron chi connectivity index (χ4n) is 2.80. The van der Waals surface area contributed by atoms with Gasteiger partial charge in [0, 0.05) is 30.8 Å². The van der Waals surface area contributed by atoms with Gasteiger partial charge in [0.15, 0.2) is 0 Å². The van der Waals surface area contributed by atoms with Crippen molar-refractivity contribution in [2.75, 3.05) is 25.6 Å². The lowest BCUT2D eigenvalue weighted by atomic mass is 10.2. The summed E-state index contributed by atoms with van der Waals surface area (Å²) >= 11 is 7.79. The summed E-state index contributed by atoms with van der Waals surface area (Å²) in [5, 5.41) is 8.66. The Bertz CT molecular complexity index is 1130. The minimum absolute atomic E-state index is 0.245. The first kappa shape index (κ1) is 24.4.